The van der Waals surface area contributed by atoms with Crippen LogP contribution in [0.15, 0.2) is 0 Å². The lowest BCUT2D eigenvalue weighted by molar-refractivity contribution is -0.133. The summed E-state index contributed by atoms with van der Waals surface area (Å²) >= 11 is 0. The van der Waals surface area contributed by atoms with E-state index in [9.17, 15) is 4.79 Å². The number of hydrogen-bond acceptors (Lipinski definition) is 3. The molecular formula is C6H12O3. The SMILES string of the molecule is CCC(O)C(C)(O)C=O. The first-order valence-corrected chi connectivity index (χ1v) is 2.91. The van der Waals surface area contributed by atoms with Gasteiger partial charge in [0.15, 0.2) is 6.29 Å². The average Bonchev–Trinajstić information content (AvgIpc) is 1.86. The van der Waals surface area contributed by atoms with Crippen LogP contribution in [0.1, 0.15) is 20.3 Å². The molecule has 2 N–H and O–H groups in total. The number of aldehydes is 1. The molecule has 0 aromatic carbocycles. The molecule has 54 valence electrons. The number of rotatable bonds is 3. The molecule has 3 nitrogen and oxygen atoms in total. The molecular weight excluding hydrogens is 120 g/mol. The third-order valence-electron chi connectivity index (χ3n) is 1.30. The molecule has 0 aromatic heterocycles. The Hall–Kier alpha value is -0.410. The molecule has 2 atom stereocenters. The highest BCUT2D eigenvalue weighted by Crippen LogP contribution is 2.08. The summed E-state index contributed by atoms with van der Waals surface area (Å²) in [6.07, 6.45) is -0.220. The van der Waals surface area contributed by atoms with Crippen LogP contribution in [0, 0.1) is 0 Å². The summed E-state index contributed by atoms with van der Waals surface area (Å²) in [6, 6.07) is 0. The van der Waals surface area contributed by atoms with Crippen molar-refractivity contribution in [1.29, 1.82) is 0 Å². The molecule has 0 aliphatic carbocycles. The summed E-state index contributed by atoms with van der Waals surface area (Å²) in [6.45, 7) is 2.98. The molecule has 3 heteroatoms. The zero-order valence-corrected chi connectivity index (χ0v) is 5.66. The largest absolute Gasteiger partial charge is 0.390 e. The lowest BCUT2D eigenvalue weighted by Crippen LogP contribution is -2.40. The Balaban J connectivity index is 3.95. The predicted octanol–water partition coefficient (Wildman–Crippen LogP) is -0.293. The molecule has 0 bridgehead atoms. The van der Waals surface area contributed by atoms with Crippen LogP contribution in [0.5, 0.6) is 0 Å². The first-order chi connectivity index (χ1) is 4.04. The van der Waals surface area contributed by atoms with Gasteiger partial charge in [-0.1, -0.05) is 6.92 Å². The fourth-order valence-electron chi connectivity index (χ4n) is 0.492. The molecule has 0 heterocycles. The summed E-state index contributed by atoms with van der Waals surface area (Å²) in [4.78, 5) is 10.0. The Kier molecular flexibility index (Phi) is 2.81. The van der Waals surface area contributed by atoms with Gasteiger partial charge in [0, 0.05) is 0 Å². The zero-order chi connectivity index (χ0) is 7.49. The maximum atomic E-state index is 10.0. The molecule has 0 aliphatic rings. The van der Waals surface area contributed by atoms with E-state index < -0.39 is 11.7 Å². The van der Waals surface area contributed by atoms with E-state index in [1.54, 1.807) is 6.92 Å². The predicted molar refractivity (Wildman–Crippen MR) is 33.0 cm³/mol. The Morgan fingerprint density at radius 3 is 2.33 bits per heavy atom. The lowest BCUT2D eigenvalue weighted by Gasteiger charge is -2.20. The summed E-state index contributed by atoms with van der Waals surface area (Å²) in [5, 5.41) is 17.9. The molecule has 0 radical (unpaired) electrons. The normalized spacial score (nSPS) is 20.4. The van der Waals surface area contributed by atoms with Crippen LogP contribution >= 0.6 is 0 Å². The Morgan fingerprint density at radius 2 is 2.22 bits per heavy atom. The molecule has 0 spiro atoms. The number of aliphatic hydroxyl groups excluding tert-OH is 1. The van der Waals surface area contributed by atoms with Crippen LogP contribution in [-0.2, 0) is 4.79 Å². The first-order valence-electron chi connectivity index (χ1n) is 2.91. The van der Waals surface area contributed by atoms with E-state index in [0.29, 0.717) is 12.7 Å². The average molecular weight is 132 g/mol. The van der Waals surface area contributed by atoms with Gasteiger partial charge >= 0.3 is 0 Å². The van der Waals surface area contributed by atoms with Crippen molar-refractivity contribution in [3.8, 4) is 0 Å². The van der Waals surface area contributed by atoms with E-state index in [-0.39, 0.29) is 0 Å². The van der Waals surface area contributed by atoms with Crippen LogP contribution in [0.25, 0.3) is 0 Å². The minimum Gasteiger partial charge on any atom is -0.390 e. The quantitative estimate of drug-likeness (QED) is 0.519. The van der Waals surface area contributed by atoms with E-state index in [1.165, 1.54) is 6.92 Å². The number of aliphatic hydroxyl groups is 2. The van der Waals surface area contributed by atoms with Gasteiger partial charge in [0.2, 0.25) is 0 Å². The number of hydrogen-bond donors (Lipinski definition) is 2. The molecule has 0 aliphatic heterocycles. The van der Waals surface area contributed by atoms with Crippen molar-refractivity contribution in [3.05, 3.63) is 0 Å². The van der Waals surface area contributed by atoms with Crippen LogP contribution in [0.4, 0.5) is 0 Å². The maximum Gasteiger partial charge on any atom is 0.153 e. The van der Waals surface area contributed by atoms with Crippen LogP contribution in [-0.4, -0.2) is 28.2 Å². The second kappa shape index (κ2) is 2.94. The zero-order valence-electron chi connectivity index (χ0n) is 5.66. The van der Waals surface area contributed by atoms with Crippen molar-refractivity contribution in [2.45, 2.75) is 32.0 Å². The van der Waals surface area contributed by atoms with Gasteiger partial charge in [0.25, 0.3) is 0 Å². The third-order valence-corrected chi connectivity index (χ3v) is 1.30. The van der Waals surface area contributed by atoms with Crippen molar-refractivity contribution in [3.63, 3.8) is 0 Å². The molecule has 0 saturated carbocycles. The summed E-state index contributed by atoms with van der Waals surface area (Å²) in [5.41, 5.74) is -1.57. The fraction of sp³-hybridized carbons (Fsp3) is 0.833. The lowest BCUT2D eigenvalue weighted by atomic mass is 9.99. The summed E-state index contributed by atoms with van der Waals surface area (Å²) < 4.78 is 0. The standard InChI is InChI=1S/C6H12O3/c1-3-5(8)6(2,9)4-7/h4-5,8-9H,3H2,1-2H3. The van der Waals surface area contributed by atoms with Gasteiger partial charge < -0.3 is 15.0 Å². The maximum absolute atomic E-state index is 10.0. The van der Waals surface area contributed by atoms with Gasteiger partial charge in [0.1, 0.15) is 5.60 Å². The molecule has 2 unspecified atom stereocenters. The van der Waals surface area contributed by atoms with Gasteiger partial charge in [-0.2, -0.15) is 0 Å². The van der Waals surface area contributed by atoms with Crippen molar-refractivity contribution in [2.24, 2.45) is 0 Å². The smallest absolute Gasteiger partial charge is 0.153 e. The van der Waals surface area contributed by atoms with Gasteiger partial charge in [-0.05, 0) is 13.3 Å². The second-order valence-electron chi connectivity index (χ2n) is 2.27. The monoisotopic (exact) mass is 132 g/mol. The van der Waals surface area contributed by atoms with E-state index in [4.69, 9.17) is 10.2 Å². The molecule has 0 fully saturated rings. The molecule has 0 amide bonds. The van der Waals surface area contributed by atoms with Crippen molar-refractivity contribution < 1.29 is 15.0 Å². The second-order valence-corrected chi connectivity index (χ2v) is 2.27. The van der Waals surface area contributed by atoms with Crippen molar-refractivity contribution >= 4 is 6.29 Å². The minimum atomic E-state index is -1.57. The van der Waals surface area contributed by atoms with Crippen LogP contribution < -0.4 is 0 Å². The topological polar surface area (TPSA) is 57.5 Å². The third kappa shape index (κ3) is 2.11. The highest BCUT2D eigenvalue weighted by molar-refractivity contribution is 5.62. The first kappa shape index (κ1) is 8.59. The van der Waals surface area contributed by atoms with Crippen molar-refractivity contribution in [1.82, 2.24) is 0 Å². The van der Waals surface area contributed by atoms with Crippen LogP contribution in [0.2, 0.25) is 0 Å². The summed E-state index contributed by atoms with van der Waals surface area (Å²) in [5.74, 6) is 0. The molecule has 9 heavy (non-hydrogen) atoms. The van der Waals surface area contributed by atoms with E-state index in [0.717, 1.165) is 0 Å². The summed E-state index contributed by atoms with van der Waals surface area (Å²) in [7, 11) is 0. The molecule has 0 rings (SSSR count). The highest BCUT2D eigenvalue weighted by atomic mass is 16.3. The van der Waals surface area contributed by atoms with Gasteiger partial charge in [0.05, 0.1) is 6.10 Å². The Labute approximate surface area is 54.3 Å². The minimum absolute atomic E-state index is 0.348. The number of carbonyl (C=O) groups is 1. The fourth-order valence-corrected chi connectivity index (χ4v) is 0.492. The van der Waals surface area contributed by atoms with Gasteiger partial charge in [-0.3, -0.25) is 0 Å². The molecule has 0 saturated heterocycles. The Bertz CT molecular complexity index is 98.5. The Morgan fingerprint density at radius 1 is 1.78 bits per heavy atom. The highest BCUT2D eigenvalue weighted by Gasteiger charge is 2.27. The van der Waals surface area contributed by atoms with Crippen LogP contribution in [0.3, 0.4) is 0 Å². The van der Waals surface area contributed by atoms with E-state index in [1.807, 2.05) is 0 Å². The number of carbonyl (C=O) groups excluding carboxylic acids is 1. The van der Waals surface area contributed by atoms with E-state index >= 15 is 0 Å². The van der Waals surface area contributed by atoms with Gasteiger partial charge in [-0.15, -0.1) is 0 Å². The van der Waals surface area contributed by atoms with Gasteiger partial charge in [-0.25, -0.2) is 0 Å². The van der Waals surface area contributed by atoms with E-state index in [2.05, 4.69) is 0 Å². The van der Waals surface area contributed by atoms with Crippen molar-refractivity contribution in [2.75, 3.05) is 0 Å². The molecule has 0 aromatic rings.